The minimum Gasteiger partial charge on any atom is -0.478 e. The quantitative estimate of drug-likeness (QED) is 0.658. The van der Waals surface area contributed by atoms with Crippen LogP contribution in [0.1, 0.15) is 22.2 Å². The Morgan fingerprint density at radius 3 is 2.69 bits per heavy atom. The van der Waals surface area contributed by atoms with Gasteiger partial charge in [0.2, 0.25) is 5.91 Å². The number of carbonyl (C=O) groups is 2. The topological polar surface area (TPSA) is 136 Å². The monoisotopic (exact) mass is 356 g/mol. The third kappa shape index (κ3) is 2.65. The van der Waals surface area contributed by atoms with Crippen molar-refractivity contribution in [1.29, 1.82) is 0 Å². The molecule has 1 aromatic carbocycles. The van der Waals surface area contributed by atoms with E-state index in [0.29, 0.717) is 48.8 Å². The molecule has 1 atom stereocenters. The molecule has 1 fully saturated rings. The number of nitrogens with two attached hydrogens (primary N) is 1. The molecule has 1 unspecified atom stereocenters. The number of aromatic carboxylic acids is 1. The Hall–Kier alpha value is -3.11. The van der Waals surface area contributed by atoms with Gasteiger partial charge in [0, 0.05) is 13.1 Å². The fourth-order valence-electron chi connectivity index (χ4n) is 3.19. The lowest BCUT2D eigenvalue weighted by atomic mass is 10.1. The molecule has 3 N–H and O–H groups in total. The highest BCUT2D eigenvalue weighted by molar-refractivity contribution is 5.93. The van der Waals surface area contributed by atoms with Crippen molar-refractivity contribution < 1.29 is 19.4 Å². The van der Waals surface area contributed by atoms with Crippen LogP contribution in [0.4, 0.5) is 0 Å². The fourth-order valence-corrected chi connectivity index (χ4v) is 3.19. The molecule has 0 spiro atoms. The van der Waals surface area contributed by atoms with E-state index in [9.17, 15) is 14.7 Å². The molecule has 1 aliphatic heterocycles. The summed E-state index contributed by atoms with van der Waals surface area (Å²) in [6.45, 7) is 2.05. The van der Waals surface area contributed by atoms with Crippen LogP contribution in [0.2, 0.25) is 0 Å². The van der Waals surface area contributed by atoms with Gasteiger partial charge < -0.3 is 15.6 Å². The average Bonchev–Trinajstić information content (AvgIpc) is 3.06. The third-order valence-electron chi connectivity index (χ3n) is 4.42. The maximum Gasteiger partial charge on any atom is 0.335 e. The Morgan fingerprint density at radius 2 is 2.00 bits per heavy atom. The number of amides is 1. The van der Waals surface area contributed by atoms with Crippen molar-refractivity contribution in [3.63, 3.8) is 0 Å². The van der Waals surface area contributed by atoms with E-state index in [1.807, 2.05) is 4.90 Å². The first-order valence-corrected chi connectivity index (χ1v) is 8.04. The fraction of sp³-hybridized carbons (Fsp3) is 0.312. The lowest BCUT2D eigenvalue weighted by Crippen LogP contribution is -2.45. The Balaban J connectivity index is 1.94. The van der Waals surface area contributed by atoms with E-state index in [4.69, 9.17) is 10.5 Å². The average molecular weight is 356 g/mol. The van der Waals surface area contributed by atoms with E-state index in [0.717, 1.165) is 0 Å². The number of nitrogens with zero attached hydrogens (tertiary/aromatic N) is 5. The molecule has 10 heteroatoms. The van der Waals surface area contributed by atoms with Gasteiger partial charge in [-0.2, -0.15) is 0 Å². The van der Waals surface area contributed by atoms with Crippen molar-refractivity contribution in [3.05, 3.63) is 35.8 Å². The van der Waals surface area contributed by atoms with Gasteiger partial charge in [0.15, 0.2) is 17.5 Å². The summed E-state index contributed by atoms with van der Waals surface area (Å²) < 4.78 is 6.97. The minimum absolute atomic E-state index is 0.105. The van der Waals surface area contributed by atoms with Crippen LogP contribution < -0.4 is 5.73 Å². The number of benzene rings is 1. The van der Waals surface area contributed by atoms with Crippen LogP contribution in [0.25, 0.3) is 16.7 Å². The van der Waals surface area contributed by atoms with E-state index in [1.165, 1.54) is 18.3 Å². The maximum atomic E-state index is 12.2. The van der Waals surface area contributed by atoms with Gasteiger partial charge in [-0.25, -0.2) is 4.79 Å². The summed E-state index contributed by atoms with van der Waals surface area (Å²) in [5, 5.41) is 17.5. The number of primary amides is 1. The molecule has 0 aliphatic carbocycles. The molecule has 134 valence electrons. The lowest BCUT2D eigenvalue weighted by molar-refractivity contribution is -0.125. The van der Waals surface area contributed by atoms with Crippen LogP contribution in [0.3, 0.4) is 0 Å². The summed E-state index contributed by atoms with van der Waals surface area (Å²) >= 11 is 0. The summed E-state index contributed by atoms with van der Waals surface area (Å²) in [4.78, 5) is 29.7. The van der Waals surface area contributed by atoms with Crippen molar-refractivity contribution in [2.45, 2.75) is 6.04 Å². The minimum atomic E-state index is -1.06. The van der Waals surface area contributed by atoms with Crippen molar-refractivity contribution in [2.75, 3.05) is 26.3 Å². The van der Waals surface area contributed by atoms with Crippen molar-refractivity contribution in [1.82, 2.24) is 24.5 Å². The second kappa shape index (κ2) is 6.32. The molecule has 0 saturated carbocycles. The van der Waals surface area contributed by atoms with Gasteiger partial charge >= 0.3 is 5.97 Å². The van der Waals surface area contributed by atoms with Crippen LogP contribution in [0.15, 0.2) is 24.4 Å². The van der Waals surface area contributed by atoms with Gasteiger partial charge in [0.1, 0.15) is 0 Å². The Labute approximate surface area is 147 Å². The highest BCUT2D eigenvalue weighted by atomic mass is 16.5. The molecular formula is C16H16N6O4. The van der Waals surface area contributed by atoms with Gasteiger partial charge in [0.05, 0.1) is 36.0 Å². The summed E-state index contributed by atoms with van der Waals surface area (Å²) in [7, 11) is 0. The summed E-state index contributed by atoms with van der Waals surface area (Å²) in [6, 6.07) is 3.77. The molecule has 1 amide bonds. The zero-order valence-corrected chi connectivity index (χ0v) is 13.7. The second-order valence-electron chi connectivity index (χ2n) is 5.97. The molecule has 1 saturated heterocycles. The Kier molecular flexibility index (Phi) is 3.98. The number of ether oxygens (including phenoxy) is 1. The third-order valence-corrected chi connectivity index (χ3v) is 4.42. The van der Waals surface area contributed by atoms with Gasteiger partial charge in [-0.05, 0) is 18.2 Å². The molecule has 0 bridgehead atoms. The standard InChI is InChI=1S/C16H16N6O4/c17-14(23)13(21-3-5-26-6-4-21)15-20-19-12-8-18-10-2-1-9(16(24)25)7-11(10)22(12)15/h1-2,7-8,13H,3-6H2,(H2,17,23)(H,24,25). The summed E-state index contributed by atoms with van der Waals surface area (Å²) in [5.41, 5.74) is 7.24. The normalized spacial score (nSPS) is 16.8. The van der Waals surface area contributed by atoms with Gasteiger partial charge in [-0.3, -0.25) is 19.1 Å². The van der Waals surface area contributed by atoms with Crippen molar-refractivity contribution in [3.8, 4) is 0 Å². The molecule has 1 aliphatic rings. The highest BCUT2D eigenvalue weighted by Crippen LogP contribution is 2.24. The van der Waals surface area contributed by atoms with E-state index < -0.39 is 17.9 Å². The number of rotatable bonds is 4. The molecule has 2 aromatic heterocycles. The van der Waals surface area contributed by atoms with Gasteiger partial charge in [-0.1, -0.05) is 0 Å². The van der Waals surface area contributed by atoms with Crippen molar-refractivity contribution in [2.24, 2.45) is 5.73 Å². The van der Waals surface area contributed by atoms with Crippen LogP contribution in [-0.4, -0.2) is 67.8 Å². The second-order valence-corrected chi connectivity index (χ2v) is 5.97. The van der Waals surface area contributed by atoms with Gasteiger partial charge in [-0.15, -0.1) is 10.2 Å². The molecule has 10 nitrogen and oxygen atoms in total. The molecule has 3 heterocycles. The number of carboxylic acids is 1. The largest absolute Gasteiger partial charge is 0.478 e. The zero-order chi connectivity index (χ0) is 18.3. The lowest BCUT2D eigenvalue weighted by Gasteiger charge is -2.31. The zero-order valence-electron chi connectivity index (χ0n) is 13.7. The van der Waals surface area contributed by atoms with E-state index in [-0.39, 0.29) is 5.56 Å². The SMILES string of the molecule is NC(=O)C(c1nnc2cnc3ccc(C(=O)O)cc3n12)N1CCOCC1. The van der Waals surface area contributed by atoms with Crippen LogP contribution in [0.5, 0.6) is 0 Å². The molecule has 4 rings (SSSR count). The van der Waals surface area contributed by atoms with Crippen LogP contribution >= 0.6 is 0 Å². The number of morpholine rings is 1. The van der Waals surface area contributed by atoms with E-state index >= 15 is 0 Å². The molecule has 26 heavy (non-hydrogen) atoms. The van der Waals surface area contributed by atoms with E-state index in [2.05, 4.69) is 15.2 Å². The number of carbonyl (C=O) groups excluding carboxylic acids is 1. The van der Waals surface area contributed by atoms with Gasteiger partial charge in [0.25, 0.3) is 0 Å². The smallest absolute Gasteiger partial charge is 0.335 e. The van der Waals surface area contributed by atoms with E-state index in [1.54, 1.807) is 10.5 Å². The Morgan fingerprint density at radius 1 is 1.23 bits per heavy atom. The Bertz CT molecular complexity index is 1010. The number of carboxylic acid groups (broad SMARTS) is 1. The molecular weight excluding hydrogens is 340 g/mol. The number of aromatic nitrogens is 4. The van der Waals surface area contributed by atoms with Crippen LogP contribution in [0, 0.1) is 0 Å². The predicted molar refractivity (Wildman–Crippen MR) is 89.6 cm³/mol. The molecule has 0 radical (unpaired) electrons. The maximum absolute atomic E-state index is 12.2. The summed E-state index contributed by atoms with van der Waals surface area (Å²) in [6.07, 6.45) is 1.52. The summed E-state index contributed by atoms with van der Waals surface area (Å²) in [5.74, 6) is -1.27. The predicted octanol–water partition coefficient (Wildman–Crippen LogP) is -0.166. The number of hydrogen-bond donors (Lipinski definition) is 2. The number of hydrogen-bond acceptors (Lipinski definition) is 7. The molecule has 3 aromatic rings. The first-order chi connectivity index (χ1) is 12.6. The van der Waals surface area contributed by atoms with Crippen molar-refractivity contribution >= 4 is 28.6 Å². The number of fused-ring (bicyclic) bond motifs is 3. The first kappa shape index (κ1) is 16.4. The van der Waals surface area contributed by atoms with Crippen LogP contribution in [-0.2, 0) is 9.53 Å². The highest BCUT2D eigenvalue weighted by Gasteiger charge is 2.32. The first-order valence-electron chi connectivity index (χ1n) is 8.04.